The highest BCUT2D eigenvalue weighted by molar-refractivity contribution is 5.93. The summed E-state index contributed by atoms with van der Waals surface area (Å²) in [5.74, 6) is -1.73. The summed E-state index contributed by atoms with van der Waals surface area (Å²) in [5.41, 5.74) is 0.641. The van der Waals surface area contributed by atoms with Gasteiger partial charge in [-0.3, -0.25) is 19.2 Å². The fraction of sp³-hybridized carbons (Fsp3) is 0.444. The topological polar surface area (TPSA) is 105 Å². The fourth-order valence-electron chi connectivity index (χ4n) is 5.23. The fourth-order valence-corrected chi connectivity index (χ4v) is 5.23. The molecule has 1 saturated heterocycles. The molecular weight excluding hydrogens is 508 g/mol. The van der Waals surface area contributed by atoms with Gasteiger partial charge < -0.3 is 15.0 Å². The Bertz CT molecular complexity index is 1360. The van der Waals surface area contributed by atoms with Crippen molar-refractivity contribution in [1.29, 1.82) is 0 Å². The first-order chi connectivity index (χ1) is 18.6. The molecule has 0 saturated carbocycles. The van der Waals surface area contributed by atoms with Gasteiger partial charge in [-0.05, 0) is 45.4 Å². The predicted molar refractivity (Wildman–Crippen MR) is 138 cm³/mol. The second-order valence-corrected chi connectivity index (χ2v) is 10.6. The third-order valence-corrected chi connectivity index (χ3v) is 7.41. The first kappa shape index (κ1) is 26.7. The number of anilines is 1. The van der Waals surface area contributed by atoms with Crippen LogP contribution in [0, 0.1) is 17.6 Å². The lowest BCUT2D eigenvalue weighted by Gasteiger charge is -2.49. The Morgan fingerprint density at radius 3 is 2.67 bits per heavy atom. The number of hydrogen-bond donors (Lipinski definition) is 1. The summed E-state index contributed by atoms with van der Waals surface area (Å²) in [6, 6.07) is 4.44. The number of halogens is 2. The standard InChI is InChI=1S/C27H31F2N7O3/c1-17(25(37)33-23-14-31-24(15-30-23)39-22-5-4-19(28)13-21(22)29)34-10-11-35(27(2,3)16-34)26(38)18-7-9-36-20(12-18)6-8-32-36/h4-6,8,13-15,17-18H,7,9-12,16H2,1-3H3,(H,30,33,37)/t17-,18+/m0/s1. The van der Waals surface area contributed by atoms with Crippen LogP contribution in [-0.4, -0.2) is 72.6 Å². The van der Waals surface area contributed by atoms with E-state index in [-0.39, 0.29) is 35.2 Å². The summed E-state index contributed by atoms with van der Waals surface area (Å²) in [7, 11) is 0. The molecule has 39 heavy (non-hydrogen) atoms. The zero-order valence-electron chi connectivity index (χ0n) is 22.1. The Kier molecular flexibility index (Phi) is 7.30. The number of aromatic nitrogens is 4. The van der Waals surface area contributed by atoms with Crippen molar-refractivity contribution >= 4 is 17.6 Å². The monoisotopic (exact) mass is 539 g/mol. The number of nitrogens with zero attached hydrogens (tertiary/aromatic N) is 6. The van der Waals surface area contributed by atoms with Crippen molar-refractivity contribution in [2.45, 2.75) is 51.7 Å². The van der Waals surface area contributed by atoms with Crippen LogP contribution in [0.4, 0.5) is 14.6 Å². The molecule has 1 aromatic carbocycles. The average molecular weight is 540 g/mol. The van der Waals surface area contributed by atoms with Gasteiger partial charge in [0.25, 0.3) is 0 Å². The molecule has 206 valence electrons. The van der Waals surface area contributed by atoms with E-state index < -0.39 is 23.2 Å². The van der Waals surface area contributed by atoms with Crippen LogP contribution in [0.5, 0.6) is 11.6 Å². The van der Waals surface area contributed by atoms with E-state index in [4.69, 9.17) is 4.74 Å². The van der Waals surface area contributed by atoms with Crippen molar-refractivity contribution in [1.82, 2.24) is 29.5 Å². The summed E-state index contributed by atoms with van der Waals surface area (Å²) >= 11 is 0. The normalized spacial score (nSPS) is 19.7. The lowest BCUT2D eigenvalue weighted by Crippen LogP contribution is -2.64. The Hall–Kier alpha value is -3.93. The van der Waals surface area contributed by atoms with E-state index in [1.807, 2.05) is 36.4 Å². The van der Waals surface area contributed by atoms with E-state index in [0.29, 0.717) is 32.1 Å². The van der Waals surface area contributed by atoms with Gasteiger partial charge in [0.15, 0.2) is 17.4 Å². The average Bonchev–Trinajstić information content (AvgIpc) is 3.38. The highest BCUT2D eigenvalue weighted by Gasteiger charge is 2.42. The van der Waals surface area contributed by atoms with Crippen LogP contribution >= 0.6 is 0 Å². The Morgan fingerprint density at radius 2 is 1.95 bits per heavy atom. The van der Waals surface area contributed by atoms with Crippen molar-refractivity contribution in [2.75, 3.05) is 25.0 Å². The summed E-state index contributed by atoms with van der Waals surface area (Å²) < 4.78 is 34.2. The molecule has 2 atom stereocenters. The van der Waals surface area contributed by atoms with Gasteiger partial charge >= 0.3 is 0 Å². The number of carbonyl (C=O) groups excluding carboxylic acids is 2. The minimum Gasteiger partial charge on any atom is -0.434 e. The molecule has 1 fully saturated rings. The van der Waals surface area contributed by atoms with Crippen LogP contribution in [0.15, 0.2) is 42.9 Å². The van der Waals surface area contributed by atoms with Gasteiger partial charge in [0.05, 0.1) is 24.0 Å². The van der Waals surface area contributed by atoms with E-state index in [0.717, 1.165) is 30.8 Å². The number of benzene rings is 1. The minimum atomic E-state index is -0.862. The Labute approximate surface area is 225 Å². The third kappa shape index (κ3) is 5.75. The van der Waals surface area contributed by atoms with Crippen LogP contribution < -0.4 is 10.1 Å². The molecule has 2 aliphatic rings. The van der Waals surface area contributed by atoms with Crippen LogP contribution in [0.3, 0.4) is 0 Å². The molecular formula is C27H31F2N7O3. The maximum Gasteiger partial charge on any atom is 0.242 e. The van der Waals surface area contributed by atoms with Crippen LogP contribution in [-0.2, 0) is 22.6 Å². The molecule has 1 N–H and O–H groups in total. The first-order valence-corrected chi connectivity index (χ1v) is 12.9. The molecule has 10 nitrogen and oxygen atoms in total. The molecule has 2 aromatic heterocycles. The van der Waals surface area contributed by atoms with Crippen molar-refractivity contribution < 1.29 is 23.1 Å². The maximum atomic E-state index is 13.8. The number of piperazine rings is 1. The number of carbonyl (C=O) groups is 2. The van der Waals surface area contributed by atoms with Gasteiger partial charge in [0.1, 0.15) is 5.82 Å². The SMILES string of the molecule is C[C@@H](C(=O)Nc1cnc(Oc2ccc(F)cc2F)cn1)N1CCN(C(=O)[C@@H]2CCn3nccc3C2)C(C)(C)C1. The van der Waals surface area contributed by atoms with Gasteiger partial charge in [-0.25, -0.2) is 18.7 Å². The largest absolute Gasteiger partial charge is 0.434 e. The lowest BCUT2D eigenvalue weighted by atomic mass is 9.90. The third-order valence-electron chi connectivity index (χ3n) is 7.41. The van der Waals surface area contributed by atoms with E-state index >= 15 is 0 Å². The minimum absolute atomic E-state index is 0.00323. The maximum absolute atomic E-state index is 13.8. The van der Waals surface area contributed by atoms with Gasteiger partial charge in [0, 0.05) is 56.5 Å². The molecule has 2 amide bonds. The Balaban J connectivity index is 1.16. The molecule has 2 aliphatic heterocycles. The molecule has 12 heteroatoms. The molecule has 0 radical (unpaired) electrons. The quantitative estimate of drug-likeness (QED) is 0.513. The van der Waals surface area contributed by atoms with E-state index in [1.54, 1.807) is 6.20 Å². The van der Waals surface area contributed by atoms with Gasteiger partial charge in [-0.1, -0.05) is 0 Å². The molecule has 0 aliphatic carbocycles. The number of fused-ring (bicyclic) bond motifs is 1. The summed E-state index contributed by atoms with van der Waals surface area (Å²) in [5, 5.41) is 7.05. The van der Waals surface area contributed by atoms with E-state index in [9.17, 15) is 18.4 Å². The van der Waals surface area contributed by atoms with E-state index in [1.165, 1.54) is 12.4 Å². The van der Waals surface area contributed by atoms with Crippen molar-refractivity contribution in [3.63, 3.8) is 0 Å². The van der Waals surface area contributed by atoms with Crippen molar-refractivity contribution in [3.05, 3.63) is 60.2 Å². The smallest absolute Gasteiger partial charge is 0.242 e. The van der Waals surface area contributed by atoms with Crippen molar-refractivity contribution in [3.8, 4) is 11.6 Å². The Morgan fingerprint density at radius 1 is 1.13 bits per heavy atom. The number of aryl methyl sites for hydroxylation is 1. The highest BCUT2D eigenvalue weighted by Crippen LogP contribution is 2.29. The van der Waals surface area contributed by atoms with Gasteiger partial charge in [-0.15, -0.1) is 0 Å². The predicted octanol–water partition coefficient (Wildman–Crippen LogP) is 3.26. The lowest BCUT2D eigenvalue weighted by molar-refractivity contribution is -0.147. The zero-order chi connectivity index (χ0) is 27.7. The number of ether oxygens (including phenoxy) is 1. The molecule has 3 aromatic rings. The number of rotatable bonds is 6. The molecule has 0 unspecified atom stereocenters. The molecule has 0 bridgehead atoms. The van der Waals surface area contributed by atoms with E-state index in [2.05, 4.69) is 25.3 Å². The van der Waals surface area contributed by atoms with Crippen LogP contribution in [0.25, 0.3) is 0 Å². The second-order valence-electron chi connectivity index (χ2n) is 10.6. The summed E-state index contributed by atoms with van der Waals surface area (Å²) in [6.45, 7) is 8.26. The molecule has 4 heterocycles. The number of hydrogen-bond acceptors (Lipinski definition) is 7. The number of amides is 2. The van der Waals surface area contributed by atoms with Gasteiger partial charge in [0.2, 0.25) is 17.7 Å². The van der Waals surface area contributed by atoms with Crippen LogP contribution in [0.2, 0.25) is 0 Å². The summed E-state index contributed by atoms with van der Waals surface area (Å²) in [4.78, 5) is 38.6. The summed E-state index contributed by atoms with van der Waals surface area (Å²) in [6.07, 6.45) is 5.79. The molecule has 5 rings (SSSR count). The second kappa shape index (κ2) is 10.7. The van der Waals surface area contributed by atoms with Crippen LogP contribution in [0.1, 0.15) is 32.9 Å². The first-order valence-electron chi connectivity index (χ1n) is 12.9. The van der Waals surface area contributed by atoms with Crippen molar-refractivity contribution in [2.24, 2.45) is 5.92 Å². The highest BCUT2D eigenvalue weighted by atomic mass is 19.1. The van der Waals surface area contributed by atoms with Gasteiger partial charge in [-0.2, -0.15) is 5.10 Å². The number of nitrogens with one attached hydrogen (secondary N) is 1. The molecule has 0 spiro atoms. The zero-order valence-corrected chi connectivity index (χ0v) is 22.1.